The second kappa shape index (κ2) is 8.08. The van der Waals surface area contributed by atoms with E-state index in [1.807, 2.05) is 52.0 Å². The van der Waals surface area contributed by atoms with E-state index in [0.29, 0.717) is 35.8 Å². The Labute approximate surface area is 170 Å². The molecule has 6 heteroatoms. The predicted molar refractivity (Wildman–Crippen MR) is 112 cm³/mol. The number of nitrogens with two attached hydrogens (primary N) is 1. The molecular formula is C23H23N4O2+. The molecule has 1 heterocycles. The zero-order valence-electron chi connectivity index (χ0n) is 17.0. The standard InChI is InChI=1S/C23H22N4O2/c1-5-28-16-8-7-15(20(10-16)29-6-2)9-17-13(3)18(11-24)22-21(17)14(4)19(12-25)23(26)27-22/h7-10H,5-6H2,1-4H3,(H2,26,27)/p+1. The molecule has 29 heavy (non-hydrogen) atoms. The van der Waals surface area contributed by atoms with E-state index in [1.165, 1.54) is 0 Å². The summed E-state index contributed by atoms with van der Waals surface area (Å²) in [7, 11) is 0. The van der Waals surface area contributed by atoms with Gasteiger partial charge in [-0.3, -0.25) is 5.73 Å². The fourth-order valence-electron chi connectivity index (χ4n) is 3.60. The zero-order valence-corrected chi connectivity index (χ0v) is 17.0. The Bertz CT molecular complexity index is 1130. The van der Waals surface area contributed by atoms with Gasteiger partial charge in [0.15, 0.2) is 5.69 Å². The molecular weight excluding hydrogens is 364 g/mol. The molecule has 0 spiro atoms. The molecule has 3 rings (SSSR count). The van der Waals surface area contributed by atoms with Crippen LogP contribution in [0.5, 0.6) is 11.5 Å². The Balaban J connectivity index is 2.26. The Morgan fingerprint density at radius 1 is 1.10 bits per heavy atom. The molecule has 1 aliphatic rings. The topological polar surface area (TPSA) is 106 Å². The van der Waals surface area contributed by atoms with E-state index in [0.717, 1.165) is 33.6 Å². The van der Waals surface area contributed by atoms with E-state index >= 15 is 0 Å². The number of allylic oxidation sites excluding steroid dienone is 3. The highest BCUT2D eigenvalue weighted by Crippen LogP contribution is 2.43. The highest BCUT2D eigenvalue weighted by Gasteiger charge is 2.32. The minimum atomic E-state index is 0.265. The van der Waals surface area contributed by atoms with E-state index in [4.69, 9.17) is 15.2 Å². The van der Waals surface area contributed by atoms with Gasteiger partial charge in [0.05, 0.1) is 13.2 Å². The fourth-order valence-corrected chi connectivity index (χ4v) is 3.60. The van der Waals surface area contributed by atoms with Gasteiger partial charge >= 0.3 is 0 Å². The van der Waals surface area contributed by atoms with Crippen molar-refractivity contribution in [3.8, 4) is 23.6 Å². The maximum absolute atomic E-state index is 9.71. The van der Waals surface area contributed by atoms with Crippen molar-refractivity contribution in [3.63, 3.8) is 0 Å². The van der Waals surface area contributed by atoms with E-state index < -0.39 is 0 Å². The second-order valence-electron chi connectivity index (χ2n) is 6.64. The van der Waals surface area contributed by atoms with Crippen LogP contribution in [-0.2, 0) is 0 Å². The van der Waals surface area contributed by atoms with E-state index in [9.17, 15) is 10.5 Å². The Hall–Kier alpha value is -3.77. The first-order valence-corrected chi connectivity index (χ1v) is 9.45. The van der Waals surface area contributed by atoms with Crippen molar-refractivity contribution in [2.24, 2.45) is 0 Å². The lowest BCUT2D eigenvalue weighted by atomic mass is 9.95. The van der Waals surface area contributed by atoms with Crippen LogP contribution in [0.1, 0.15) is 48.7 Å². The number of pyridine rings is 1. The van der Waals surface area contributed by atoms with Crippen molar-refractivity contribution in [2.45, 2.75) is 27.7 Å². The average molecular weight is 387 g/mol. The van der Waals surface area contributed by atoms with Crippen molar-refractivity contribution in [1.82, 2.24) is 0 Å². The second-order valence-corrected chi connectivity index (χ2v) is 6.64. The van der Waals surface area contributed by atoms with Crippen molar-refractivity contribution in [1.29, 1.82) is 10.5 Å². The quantitative estimate of drug-likeness (QED) is 0.837. The van der Waals surface area contributed by atoms with E-state index in [-0.39, 0.29) is 5.82 Å². The Morgan fingerprint density at radius 2 is 1.83 bits per heavy atom. The van der Waals surface area contributed by atoms with Crippen LogP contribution in [0, 0.1) is 29.6 Å². The van der Waals surface area contributed by atoms with Crippen LogP contribution in [0.3, 0.4) is 0 Å². The predicted octanol–water partition coefficient (Wildman–Crippen LogP) is 3.91. The van der Waals surface area contributed by atoms with Gasteiger partial charge in [-0.25, -0.2) is 4.98 Å². The molecule has 6 nitrogen and oxygen atoms in total. The summed E-state index contributed by atoms with van der Waals surface area (Å²) >= 11 is 0. The zero-order chi connectivity index (χ0) is 21.1. The van der Waals surface area contributed by atoms with Crippen LogP contribution in [-0.4, -0.2) is 13.2 Å². The summed E-state index contributed by atoms with van der Waals surface area (Å²) in [6, 6.07) is 10.1. The largest absolute Gasteiger partial charge is 0.494 e. The van der Waals surface area contributed by atoms with Crippen molar-refractivity contribution < 1.29 is 14.5 Å². The molecule has 0 bridgehead atoms. The fraction of sp³-hybridized carbons (Fsp3) is 0.261. The number of nitriles is 2. The molecule has 0 atom stereocenters. The summed E-state index contributed by atoms with van der Waals surface area (Å²) < 4.78 is 11.4. The number of anilines is 1. The highest BCUT2D eigenvalue weighted by molar-refractivity contribution is 6.08. The number of benzene rings is 1. The summed E-state index contributed by atoms with van der Waals surface area (Å²) in [5, 5.41) is 19.2. The van der Waals surface area contributed by atoms with Crippen LogP contribution in [0.15, 0.2) is 23.8 Å². The van der Waals surface area contributed by atoms with Gasteiger partial charge in [0, 0.05) is 17.2 Å². The number of hydrogen-bond acceptors (Lipinski definition) is 5. The number of H-pyrrole nitrogens is 1. The SMILES string of the molecule is CCOc1ccc(C=C2C(C)=C(C#N)c3[nH+]c(N)c(C#N)c(C)c32)c(OCC)c1. The number of rotatable bonds is 5. The van der Waals surface area contributed by atoms with Gasteiger partial charge in [-0.05, 0) is 62.6 Å². The minimum absolute atomic E-state index is 0.265. The number of hydrogen-bond donors (Lipinski definition) is 1. The number of nitrogens with one attached hydrogen (secondary N) is 1. The highest BCUT2D eigenvalue weighted by atomic mass is 16.5. The first-order valence-electron chi connectivity index (χ1n) is 9.45. The van der Waals surface area contributed by atoms with Gasteiger partial charge in [-0.1, -0.05) is 0 Å². The normalized spacial score (nSPS) is 13.8. The third kappa shape index (κ3) is 3.41. The average Bonchev–Trinajstić information content (AvgIpc) is 2.95. The van der Waals surface area contributed by atoms with E-state index in [2.05, 4.69) is 17.1 Å². The van der Waals surface area contributed by atoms with Crippen molar-refractivity contribution in [2.75, 3.05) is 18.9 Å². The van der Waals surface area contributed by atoms with Crippen molar-refractivity contribution >= 4 is 23.0 Å². The smallest absolute Gasteiger partial charge is 0.289 e. The number of nitrogen functional groups attached to an aromatic ring is 1. The maximum Gasteiger partial charge on any atom is 0.289 e. The lowest BCUT2D eigenvalue weighted by Crippen LogP contribution is -2.20. The number of aromatic amines is 1. The molecule has 2 aromatic rings. The first-order chi connectivity index (χ1) is 14.0. The summed E-state index contributed by atoms with van der Waals surface area (Å²) in [6.45, 7) is 8.69. The van der Waals surface area contributed by atoms with Crippen LogP contribution in [0.4, 0.5) is 5.82 Å². The molecule has 0 unspecified atom stereocenters. The minimum Gasteiger partial charge on any atom is -0.494 e. The van der Waals surface area contributed by atoms with Gasteiger partial charge in [0.1, 0.15) is 34.8 Å². The van der Waals surface area contributed by atoms with Crippen LogP contribution in [0.25, 0.3) is 17.2 Å². The summed E-state index contributed by atoms with van der Waals surface area (Å²) in [6.07, 6.45) is 1.98. The third-order valence-electron chi connectivity index (χ3n) is 4.95. The van der Waals surface area contributed by atoms with Crippen LogP contribution >= 0.6 is 0 Å². The Morgan fingerprint density at radius 3 is 2.45 bits per heavy atom. The Kier molecular flexibility index (Phi) is 5.57. The molecule has 0 aliphatic heterocycles. The molecule has 1 aromatic heterocycles. The first kappa shape index (κ1) is 20.0. The number of aromatic nitrogens is 1. The summed E-state index contributed by atoms with van der Waals surface area (Å²) in [5.74, 6) is 1.70. The summed E-state index contributed by atoms with van der Waals surface area (Å²) in [5.41, 5.74) is 11.7. The van der Waals surface area contributed by atoms with Gasteiger partial charge in [0.2, 0.25) is 0 Å². The third-order valence-corrected chi connectivity index (χ3v) is 4.95. The summed E-state index contributed by atoms with van der Waals surface area (Å²) in [4.78, 5) is 3.04. The lowest BCUT2D eigenvalue weighted by Gasteiger charge is -2.12. The van der Waals surface area contributed by atoms with Gasteiger partial charge in [-0.15, -0.1) is 0 Å². The molecule has 0 fully saturated rings. The maximum atomic E-state index is 9.71. The molecule has 146 valence electrons. The lowest BCUT2D eigenvalue weighted by molar-refractivity contribution is -0.364. The van der Waals surface area contributed by atoms with E-state index in [1.54, 1.807) is 0 Å². The van der Waals surface area contributed by atoms with Crippen LogP contribution in [0.2, 0.25) is 0 Å². The molecule has 3 N–H and O–H groups in total. The molecule has 0 saturated carbocycles. The number of nitrogens with zero attached hydrogens (tertiary/aromatic N) is 2. The van der Waals surface area contributed by atoms with Crippen molar-refractivity contribution in [3.05, 3.63) is 51.7 Å². The molecule has 0 radical (unpaired) electrons. The van der Waals surface area contributed by atoms with Gasteiger partial charge < -0.3 is 9.47 Å². The van der Waals surface area contributed by atoms with Gasteiger partial charge in [-0.2, -0.15) is 10.5 Å². The van der Waals surface area contributed by atoms with Gasteiger partial charge in [0.25, 0.3) is 5.82 Å². The molecule has 0 amide bonds. The van der Waals surface area contributed by atoms with Crippen LogP contribution < -0.4 is 20.2 Å². The monoisotopic (exact) mass is 387 g/mol. The molecule has 0 saturated heterocycles. The molecule has 1 aliphatic carbocycles. The number of ether oxygens (including phenoxy) is 2. The number of fused-ring (bicyclic) bond motifs is 1. The molecule has 1 aromatic carbocycles.